The molecule has 156 valence electrons. The van der Waals surface area contributed by atoms with E-state index in [4.69, 9.17) is 23.2 Å². The lowest BCUT2D eigenvalue weighted by molar-refractivity contribution is -0.111. The molecule has 31 heavy (non-hydrogen) atoms. The Hall–Kier alpha value is -3.61. The highest BCUT2D eigenvalue weighted by Crippen LogP contribution is 2.20. The van der Waals surface area contributed by atoms with E-state index in [0.29, 0.717) is 16.3 Å². The van der Waals surface area contributed by atoms with Crippen LogP contribution in [0.25, 0.3) is 6.08 Å². The molecule has 0 saturated carbocycles. The largest absolute Gasteiger partial charge is 0.323 e. The van der Waals surface area contributed by atoms with Gasteiger partial charge in [-0.3, -0.25) is 25.2 Å². The van der Waals surface area contributed by atoms with Crippen molar-refractivity contribution < 1.29 is 14.4 Å². The summed E-state index contributed by atoms with van der Waals surface area (Å²) in [6, 6.07) is 20.1. The van der Waals surface area contributed by atoms with Gasteiger partial charge in [0.1, 0.15) is 0 Å². The summed E-state index contributed by atoms with van der Waals surface area (Å²) >= 11 is 11.8. The maximum absolute atomic E-state index is 12.2. The van der Waals surface area contributed by atoms with Crippen LogP contribution in [0.4, 0.5) is 5.69 Å². The normalized spacial score (nSPS) is 10.5. The molecule has 8 heteroatoms. The minimum Gasteiger partial charge on any atom is -0.323 e. The third-order valence-electron chi connectivity index (χ3n) is 4.11. The number of carbonyl (C=O) groups excluding carboxylic acids is 3. The maximum atomic E-state index is 12.2. The van der Waals surface area contributed by atoms with Crippen LogP contribution < -0.4 is 16.2 Å². The maximum Gasteiger partial charge on any atom is 0.271 e. The molecule has 3 N–H and O–H groups in total. The molecule has 3 amide bonds. The van der Waals surface area contributed by atoms with Crippen LogP contribution in [0.5, 0.6) is 0 Å². The second-order valence-corrected chi connectivity index (χ2v) is 7.19. The van der Waals surface area contributed by atoms with Gasteiger partial charge in [0.05, 0.1) is 10.6 Å². The van der Waals surface area contributed by atoms with Crippen molar-refractivity contribution in [1.82, 2.24) is 10.9 Å². The number of hydrogen-bond acceptors (Lipinski definition) is 3. The van der Waals surface area contributed by atoms with Gasteiger partial charge in [0.25, 0.3) is 11.8 Å². The second kappa shape index (κ2) is 10.4. The van der Waals surface area contributed by atoms with Crippen molar-refractivity contribution in [3.05, 3.63) is 106 Å². The minimum absolute atomic E-state index is 0.167. The van der Waals surface area contributed by atoms with Crippen LogP contribution in [-0.4, -0.2) is 17.7 Å². The van der Waals surface area contributed by atoms with Gasteiger partial charge in [0.15, 0.2) is 0 Å². The topological polar surface area (TPSA) is 87.3 Å². The van der Waals surface area contributed by atoms with E-state index in [9.17, 15) is 14.4 Å². The number of amides is 3. The number of halogens is 2. The van der Waals surface area contributed by atoms with Gasteiger partial charge in [0, 0.05) is 22.3 Å². The predicted octanol–water partition coefficient (Wildman–Crippen LogP) is 4.72. The van der Waals surface area contributed by atoms with Crippen molar-refractivity contribution >= 4 is 52.7 Å². The standard InChI is InChI=1S/C23H17Cl2N3O3/c24-17-9-12-19(20(25)14-17)23(31)28-27-22(30)16-7-10-18(11-8-16)26-21(29)13-6-15-4-2-1-3-5-15/h1-14H,(H,26,29)(H,27,30)(H,28,31)/b13-6+. The van der Waals surface area contributed by atoms with Crippen molar-refractivity contribution in [1.29, 1.82) is 0 Å². The van der Waals surface area contributed by atoms with E-state index in [1.165, 1.54) is 36.4 Å². The van der Waals surface area contributed by atoms with E-state index in [-0.39, 0.29) is 16.5 Å². The molecule has 0 aliphatic heterocycles. The fourth-order valence-corrected chi connectivity index (χ4v) is 3.05. The predicted molar refractivity (Wildman–Crippen MR) is 122 cm³/mol. The zero-order valence-electron chi connectivity index (χ0n) is 16.1. The van der Waals surface area contributed by atoms with Crippen LogP contribution in [-0.2, 0) is 4.79 Å². The minimum atomic E-state index is -0.580. The molecule has 3 aromatic rings. The molecule has 0 fully saturated rings. The van der Waals surface area contributed by atoms with Crippen LogP contribution >= 0.6 is 23.2 Å². The first-order valence-corrected chi connectivity index (χ1v) is 9.88. The number of rotatable bonds is 5. The van der Waals surface area contributed by atoms with Crippen molar-refractivity contribution in [3.63, 3.8) is 0 Å². The van der Waals surface area contributed by atoms with Gasteiger partial charge >= 0.3 is 0 Å². The Morgan fingerprint density at radius 1 is 0.774 bits per heavy atom. The first-order chi connectivity index (χ1) is 14.9. The van der Waals surface area contributed by atoms with E-state index in [0.717, 1.165) is 5.56 Å². The summed E-state index contributed by atoms with van der Waals surface area (Å²) in [6.07, 6.45) is 3.13. The van der Waals surface area contributed by atoms with Gasteiger partial charge in [-0.05, 0) is 54.1 Å². The van der Waals surface area contributed by atoms with Crippen molar-refractivity contribution in [2.24, 2.45) is 0 Å². The van der Waals surface area contributed by atoms with Crippen LogP contribution in [0.15, 0.2) is 78.9 Å². The van der Waals surface area contributed by atoms with Gasteiger partial charge < -0.3 is 5.32 Å². The summed E-state index contributed by atoms with van der Waals surface area (Å²) in [4.78, 5) is 36.4. The third-order valence-corrected chi connectivity index (χ3v) is 4.65. The summed E-state index contributed by atoms with van der Waals surface area (Å²) in [6.45, 7) is 0. The van der Waals surface area contributed by atoms with Gasteiger partial charge in [-0.15, -0.1) is 0 Å². The van der Waals surface area contributed by atoms with Crippen LogP contribution in [0.1, 0.15) is 26.3 Å². The first kappa shape index (κ1) is 22.1. The van der Waals surface area contributed by atoms with E-state index < -0.39 is 11.8 Å². The molecule has 3 aromatic carbocycles. The average molecular weight is 454 g/mol. The van der Waals surface area contributed by atoms with Crippen molar-refractivity contribution in [3.8, 4) is 0 Å². The molecule has 0 bridgehead atoms. The zero-order valence-corrected chi connectivity index (χ0v) is 17.6. The van der Waals surface area contributed by atoms with E-state index >= 15 is 0 Å². The number of nitrogens with one attached hydrogen (secondary N) is 3. The van der Waals surface area contributed by atoms with E-state index in [1.54, 1.807) is 18.2 Å². The number of anilines is 1. The molecule has 3 rings (SSSR count). The molecule has 0 radical (unpaired) electrons. The number of benzene rings is 3. The van der Waals surface area contributed by atoms with Gasteiger partial charge in [0.2, 0.25) is 5.91 Å². The fourth-order valence-electron chi connectivity index (χ4n) is 2.55. The van der Waals surface area contributed by atoms with Crippen LogP contribution in [0.3, 0.4) is 0 Å². The monoisotopic (exact) mass is 453 g/mol. The molecule has 0 aromatic heterocycles. The Morgan fingerprint density at radius 2 is 1.45 bits per heavy atom. The molecular weight excluding hydrogens is 437 g/mol. The fraction of sp³-hybridized carbons (Fsp3) is 0. The Labute approximate surface area is 188 Å². The average Bonchev–Trinajstić information content (AvgIpc) is 2.77. The number of hydrazine groups is 1. The Kier molecular flexibility index (Phi) is 7.43. The lowest BCUT2D eigenvalue weighted by Crippen LogP contribution is -2.41. The lowest BCUT2D eigenvalue weighted by atomic mass is 10.2. The van der Waals surface area contributed by atoms with Crippen LogP contribution in [0.2, 0.25) is 10.0 Å². The third kappa shape index (κ3) is 6.44. The molecule has 6 nitrogen and oxygen atoms in total. The summed E-state index contributed by atoms with van der Waals surface area (Å²) in [5.74, 6) is -1.41. The second-order valence-electron chi connectivity index (χ2n) is 6.34. The quantitative estimate of drug-likeness (QED) is 0.385. The number of carbonyl (C=O) groups is 3. The van der Waals surface area contributed by atoms with E-state index in [2.05, 4.69) is 16.2 Å². The highest BCUT2D eigenvalue weighted by Gasteiger charge is 2.12. The van der Waals surface area contributed by atoms with E-state index in [1.807, 2.05) is 30.3 Å². The number of hydrogen-bond donors (Lipinski definition) is 3. The van der Waals surface area contributed by atoms with Gasteiger partial charge in [-0.25, -0.2) is 0 Å². The SMILES string of the molecule is O=C(/C=C/c1ccccc1)Nc1ccc(C(=O)NNC(=O)c2ccc(Cl)cc2Cl)cc1. The molecule has 0 aliphatic carbocycles. The molecule has 0 aliphatic rings. The molecule has 0 saturated heterocycles. The molecule has 0 spiro atoms. The first-order valence-electron chi connectivity index (χ1n) is 9.12. The Balaban J connectivity index is 1.53. The van der Waals surface area contributed by atoms with Crippen molar-refractivity contribution in [2.45, 2.75) is 0 Å². The molecular formula is C23H17Cl2N3O3. The Bertz CT molecular complexity index is 1130. The highest BCUT2D eigenvalue weighted by atomic mass is 35.5. The van der Waals surface area contributed by atoms with Gasteiger partial charge in [-0.1, -0.05) is 53.5 Å². The summed E-state index contributed by atoms with van der Waals surface area (Å²) in [5, 5.41) is 3.27. The molecule has 0 unspecified atom stereocenters. The lowest BCUT2D eigenvalue weighted by Gasteiger charge is -2.09. The molecule has 0 heterocycles. The van der Waals surface area contributed by atoms with Crippen molar-refractivity contribution in [2.75, 3.05) is 5.32 Å². The smallest absolute Gasteiger partial charge is 0.271 e. The Morgan fingerprint density at radius 3 is 2.13 bits per heavy atom. The van der Waals surface area contributed by atoms with Crippen LogP contribution in [0, 0.1) is 0 Å². The zero-order chi connectivity index (χ0) is 22.2. The summed E-state index contributed by atoms with van der Waals surface area (Å²) < 4.78 is 0. The highest BCUT2D eigenvalue weighted by molar-refractivity contribution is 6.36. The molecule has 0 atom stereocenters. The summed E-state index contributed by atoms with van der Waals surface area (Å²) in [7, 11) is 0. The summed E-state index contributed by atoms with van der Waals surface area (Å²) in [5.41, 5.74) is 6.50. The van der Waals surface area contributed by atoms with Gasteiger partial charge in [-0.2, -0.15) is 0 Å².